The van der Waals surface area contributed by atoms with Gasteiger partial charge in [-0.3, -0.25) is 4.79 Å². The zero-order valence-corrected chi connectivity index (χ0v) is 14.0. The molecule has 1 aromatic carbocycles. The molecular formula is C15H22ClNO5. The number of halogens is 1. The van der Waals surface area contributed by atoms with Gasteiger partial charge in [-0.15, -0.1) is 0 Å². The first-order valence-electron chi connectivity index (χ1n) is 6.95. The highest BCUT2D eigenvalue weighted by Gasteiger charge is 2.17. The summed E-state index contributed by atoms with van der Waals surface area (Å²) >= 11 is 6.02. The number of carbonyl (C=O) groups excluding carboxylic acids is 1. The molecular weight excluding hydrogens is 310 g/mol. The molecule has 1 amide bonds. The highest BCUT2D eigenvalue weighted by atomic mass is 35.5. The van der Waals surface area contributed by atoms with Gasteiger partial charge in [0.2, 0.25) is 0 Å². The lowest BCUT2D eigenvalue weighted by molar-refractivity contribution is -0.127. The van der Waals surface area contributed by atoms with Gasteiger partial charge in [-0.1, -0.05) is 11.6 Å². The number of hydrogen-bond acceptors (Lipinski definition) is 5. The number of methoxy groups -OCH3 is 2. The summed E-state index contributed by atoms with van der Waals surface area (Å²) in [4.78, 5) is 12.1. The Hall–Kier alpha value is -1.50. The fraction of sp³-hybridized carbons (Fsp3) is 0.533. The van der Waals surface area contributed by atoms with E-state index in [2.05, 4.69) is 5.32 Å². The third-order valence-corrected chi connectivity index (χ3v) is 3.20. The Morgan fingerprint density at radius 3 is 2.50 bits per heavy atom. The van der Waals surface area contributed by atoms with Crippen LogP contribution in [-0.4, -0.2) is 46.1 Å². The molecule has 0 spiro atoms. The SMILES string of the molecule is CCOCCO[C@H](C)C(=O)Nc1cc(OC)c(Cl)cc1OC. The molecule has 0 aliphatic carbocycles. The van der Waals surface area contributed by atoms with Crippen LogP contribution in [0, 0.1) is 0 Å². The quantitative estimate of drug-likeness (QED) is 0.705. The summed E-state index contributed by atoms with van der Waals surface area (Å²) in [7, 11) is 2.99. The van der Waals surface area contributed by atoms with Gasteiger partial charge in [0.1, 0.15) is 17.6 Å². The van der Waals surface area contributed by atoms with E-state index in [0.717, 1.165) is 0 Å². The summed E-state index contributed by atoms with van der Waals surface area (Å²) < 4.78 is 20.9. The predicted molar refractivity (Wildman–Crippen MR) is 85.1 cm³/mol. The highest BCUT2D eigenvalue weighted by molar-refractivity contribution is 6.32. The van der Waals surface area contributed by atoms with Crippen LogP contribution >= 0.6 is 11.6 Å². The standard InChI is InChI=1S/C15H22ClNO5/c1-5-21-6-7-22-10(2)15(18)17-12-9-13(19-3)11(16)8-14(12)20-4/h8-10H,5-7H2,1-4H3,(H,17,18)/t10-/m1/s1. The third-order valence-electron chi connectivity index (χ3n) is 2.90. The summed E-state index contributed by atoms with van der Waals surface area (Å²) in [5.41, 5.74) is 0.467. The second-order valence-corrected chi connectivity index (χ2v) is 4.79. The number of benzene rings is 1. The monoisotopic (exact) mass is 331 g/mol. The van der Waals surface area contributed by atoms with Crippen molar-refractivity contribution in [3.8, 4) is 11.5 Å². The molecule has 0 unspecified atom stereocenters. The second kappa shape index (κ2) is 9.50. The topological polar surface area (TPSA) is 66.0 Å². The minimum atomic E-state index is -0.619. The van der Waals surface area contributed by atoms with Crippen LogP contribution in [0.1, 0.15) is 13.8 Å². The Bertz CT molecular complexity index is 495. The largest absolute Gasteiger partial charge is 0.495 e. The smallest absolute Gasteiger partial charge is 0.253 e. The van der Waals surface area contributed by atoms with Gasteiger partial charge in [-0.2, -0.15) is 0 Å². The molecule has 0 saturated carbocycles. The molecule has 1 N–H and O–H groups in total. The Balaban J connectivity index is 2.70. The van der Waals surface area contributed by atoms with Gasteiger partial charge in [0, 0.05) is 18.7 Å². The minimum absolute atomic E-state index is 0.292. The molecule has 0 aromatic heterocycles. The van der Waals surface area contributed by atoms with Crippen LogP contribution in [0.3, 0.4) is 0 Å². The summed E-state index contributed by atoms with van der Waals surface area (Å²) in [6.07, 6.45) is -0.619. The molecule has 6 nitrogen and oxygen atoms in total. The number of hydrogen-bond donors (Lipinski definition) is 1. The Morgan fingerprint density at radius 2 is 1.91 bits per heavy atom. The van der Waals surface area contributed by atoms with E-state index in [9.17, 15) is 4.79 Å². The zero-order valence-electron chi connectivity index (χ0n) is 13.3. The van der Waals surface area contributed by atoms with Crippen LogP contribution in [0.15, 0.2) is 12.1 Å². The van der Waals surface area contributed by atoms with Gasteiger partial charge in [0.15, 0.2) is 0 Å². The third kappa shape index (κ3) is 5.36. The number of ether oxygens (including phenoxy) is 4. The first-order chi connectivity index (χ1) is 10.5. The van der Waals surface area contributed by atoms with Crippen molar-refractivity contribution in [3.63, 3.8) is 0 Å². The molecule has 1 aromatic rings. The van der Waals surface area contributed by atoms with E-state index in [1.807, 2.05) is 6.92 Å². The molecule has 7 heteroatoms. The summed E-state index contributed by atoms with van der Waals surface area (Å²) in [5, 5.41) is 3.14. The van der Waals surface area contributed by atoms with Crippen molar-refractivity contribution in [2.24, 2.45) is 0 Å². The van der Waals surface area contributed by atoms with E-state index in [-0.39, 0.29) is 5.91 Å². The average Bonchev–Trinajstić information content (AvgIpc) is 2.52. The van der Waals surface area contributed by atoms with Crippen molar-refractivity contribution in [2.75, 3.05) is 39.4 Å². The average molecular weight is 332 g/mol. The Kier molecular flexibility index (Phi) is 8.01. The van der Waals surface area contributed by atoms with Crippen LogP contribution in [0.25, 0.3) is 0 Å². The Labute approximate surface area is 135 Å². The van der Waals surface area contributed by atoms with Gasteiger partial charge in [0.25, 0.3) is 5.91 Å². The molecule has 0 saturated heterocycles. The molecule has 124 valence electrons. The maximum Gasteiger partial charge on any atom is 0.253 e. The van der Waals surface area contributed by atoms with Crippen molar-refractivity contribution >= 4 is 23.2 Å². The van der Waals surface area contributed by atoms with Gasteiger partial charge in [-0.25, -0.2) is 0 Å². The maximum atomic E-state index is 12.1. The molecule has 0 aliphatic rings. The number of nitrogens with one attached hydrogen (secondary N) is 1. The molecule has 0 fully saturated rings. The van der Waals surface area contributed by atoms with Crippen molar-refractivity contribution in [1.82, 2.24) is 0 Å². The van der Waals surface area contributed by atoms with E-state index in [1.165, 1.54) is 14.2 Å². The van der Waals surface area contributed by atoms with E-state index >= 15 is 0 Å². The number of carbonyl (C=O) groups is 1. The maximum absolute atomic E-state index is 12.1. The van der Waals surface area contributed by atoms with E-state index in [4.69, 9.17) is 30.5 Å². The first-order valence-corrected chi connectivity index (χ1v) is 7.33. The second-order valence-electron chi connectivity index (χ2n) is 4.39. The van der Waals surface area contributed by atoms with Crippen molar-refractivity contribution < 1.29 is 23.7 Å². The van der Waals surface area contributed by atoms with Crippen LogP contribution in [-0.2, 0) is 14.3 Å². The lowest BCUT2D eigenvalue weighted by Gasteiger charge is -2.16. The van der Waals surface area contributed by atoms with Gasteiger partial charge < -0.3 is 24.3 Å². The van der Waals surface area contributed by atoms with Crippen molar-refractivity contribution in [3.05, 3.63) is 17.2 Å². The van der Waals surface area contributed by atoms with Gasteiger partial charge in [-0.05, 0) is 13.8 Å². The fourth-order valence-electron chi connectivity index (χ4n) is 1.70. The lowest BCUT2D eigenvalue weighted by Crippen LogP contribution is -2.29. The van der Waals surface area contributed by atoms with Gasteiger partial charge in [0.05, 0.1) is 38.1 Å². The number of amides is 1. The highest BCUT2D eigenvalue weighted by Crippen LogP contribution is 2.35. The molecule has 22 heavy (non-hydrogen) atoms. The van der Waals surface area contributed by atoms with E-state index < -0.39 is 6.10 Å². The van der Waals surface area contributed by atoms with Crippen molar-refractivity contribution in [1.29, 1.82) is 0 Å². The zero-order chi connectivity index (χ0) is 16.5. The molecule has 0 aliphatic heterocycles. The minimum Gasteiger partial charge on any atom is -0.495 e. The number of anilines is 1. The molecule has 0 heterocycles. The van der Waals surface area contributed by atoms with Gasteiger partial charge >= 0.3 is 0 Å². The van der Waals surface area contributed by atoms with E-state index in [0.29, 0.717) is 42.0 Å². The first kappa shape index (κ1) is 18.5. The predicted octanol–water partition coefficient (Wildman–Crippen LogP) is 2.74. The molecule has 0 bridgehead atoms. The van der Waals surface area contributed by atoms with Crippen LogP contribution in [0.2, 0.25) is 5.02 Å². The molecule has 0 radical (unpaired) electrons. The summed E-state index contributed by atoms with van der Waals surface area (Å²) in [6.45, 7) is 4.98. The summed E-state index contributed by atoms with van der Waals surface area (Å²) in [5.74, 6) is 0.600. The van der Waals surface area contributed by atoms with E-state index in [1.54, 1.807) is 19.1 Å². The normalized spacial score (nSPS) is 11.9. The molecule has 1 rings (SSSR count). The van der Waals surface area contributed by atoms with Crippen LogP contribution in [0.5, 0.6) is 11.5 Å². The van der Waals surface area contributed by atoms with Crippen LogP contribution < -0.4 is 14.8 Å². The molecule has 1 atom stereocenters. The van der Waals surface area contributed by atoms with Crippen LogP contribution in [0.4, 0.5) is 5.69 Å². The van der Waals surface area contributed by atoms with Crippen molar-refractivity contribution in [2.45, 2.75) is 20.0 Å². The summed E-state index contributed by atoms with van der Waals surface area (Å²) in [6, 6.07) is 3.18. The Morgan fingerprint density at radius 1 is 1.23 bits per heavy atom. The lowest BCUT2D eigenvalue weighted by atomic mass is 10.2. The number of rotatable bonds is 9. The fourth-order valence-corrected chi connectivity index (χ4v) is 1.93.